The number of allylic oxidation sites excluding steroid dienone is 1. The van der Waals surface area contributed by atoms with Gasteiger partial charge in [-0.15, -0.1) is 0 Å². The molecule has 7 atom stereocenters. The predicted molar refractivity (Wildman–Crippen MR) is 97.6 cm³/mol. The SMILES string of the molecule is CC(=O)OC1C=C2C(=CC1)[C@H]1CCC3(C)C(O)CC[C@H]3[C@@H]1CC2CON. The summed E-state index contributed by atoms with van der Waals surface area (Å²) < 4.78 is 5.44. The fraction of sp³-hybridized carbons (Fsp3) is 0.762. The number of aliphatic hydroxyl groups excluding tert-OH is 1. The summed E-state index contributed by atoms with van der Waals surface area (Å²) in [6.07, 6.45) is 10.2. The lowest BCUT2D eigenvalue weighted by atomic mass is 9.52. The van der Waals surface area contributed by atoms with Crippen LogP contribution in [0.4, 0.5) is 0 Å². The highest BCUT2D eigenvalue weighted by Gasteiger charge is 2.56. The fourth-order valence-electron chi connectivity index (χ4n) is 6.46. The van der Waals surface area contributed by atoms with E-state index in [1.807, 2.05) is 0 Å². The molecule has 0 bridgehead atoms. The highest BCUT2D eigenvalue weighted by atomic mass is 16.6. The number of carbonyl (C=O) groups excluding carboxylic acids is 1. The van der Waals surface area contributed by atoms with Gasteiger partial charge in [0.1, 0.15) is 6.10 Å². The van der Waals surface area contributed by atoms with Crippen LogP contribution in [0.2, 0.25) is 0 Å². The highest BCUT2D eigenvalue weighted by molar-refractivity contribution is 5.66. The summed E-state index contributed by atoms with van der Waals surface area (Å²) in [6, 6.07) is 0. The average Bonchev–Trinajstić information content (AvgIpc) is 2.90. The predicted octanol–water partition coefficient (Wildman–Crippen LogP) is 2.89. The van der Waals surface area contributed by atoms with E-state index < -0.39 is 0 Å². The smallest absolute Gasteiger partial charge is 0.303 e. The molecule has 3 saturated carbocycles. The number of fused-ring (bicyclic) bond motifs is 5. The van der Waals surface area contributed by atoms with Gasteiger partial charge >= 0.3 is 5.97 Å². The molecule has 0 aromatic heterocycles. The topological polar surface area (TPSA) is 81.8 Å². The lowest BCUT2D eigenvalue weighted by Crippen LogP contribution is -2.47. The number of ether oxygens (including phenoxy) is 1. The Morgan fingerprint density at radius 2 is 2.15 bits per heavy atom. The van der Waals surface area contributed by atoms with E-state index in [1.165, 1.54) is 18.1 Å². The molecular weight excluding hydrogens is 330 g/mol. The van der Waals surface area contributed by atoms with Gasteiger partial charge in [-0.1, -0.05) is 13.0 Å². The van der Waals surface area contributed by atoms with E-state index in [4.69, 9.17) is 15.5 Å². The van der Waals surface area contributed by atoms with Gasteiger partial charge in [0.15, 0.2) is 0 Å². The molecule has 0 spiro atoms. The first-order chi connectivity index (χ1) is 12.4. The van der Waals surface area contributed by atoms with Gasteiger partial charge in [0.25, 0.3) is 0 Å². The van der Waals surface area contributed by atoms with Crippen molar-refractivity contribution in [1.29, 1.82) is 0 Å². The number of hydrogen-bond donors (Lipinski definition) is 2. The number of carbonyl (C=O) groups is 1. The first kappa shape index (κ1) is 18.2. The van der Waals surface area contributed by atoms with E-state index in [-0.39, 0.29) is 29.5 Å². The van der Waals surface area contributed by atoms with Crippen molar-refractivity contribution in [2.45, 2.75) is 64.6 Å². The normalized spacial score (nSPS) is 44.3. The molecular formula is C21H31NO4. The second-order valence-corrected chi connectivity index (χ2v) is 8.95. The molecule has 5 heteroatoms. The Balaban J connectivity index is 1.64. The maximum Gasteiger partial charge on any atom is 0.303 e. The van der Waals surface area contributed by atoms with Crippen molar-refractivity contribution in [2.75, 3.05) is 6.61 Å². The summed E-state index contributed by atoms with van der Waals surface area (Å²) in [7, 11) is 0. The van der Waals surface area contributed by atoms with E-state index in [1.54, 1.807) is 0 Å². The summed E-state index contributed by atoms with van der Waals surface area (Å²) in [4.78, 5) is 16.4. The van der Waals surface area contributed by atoms with Gasteiger partial charge < -0.3 is 14.7 Å². The van der Waals surface area contributed by atoms with Crippen molar-refractivity contribution in [3.8, 4) is 0 Å². The molecule has 3 N–H and O–H groups in total. The molecule has 0 radical (unpaired) electrons. The third kappa shape index (κ3) is 2.85. The second-order valence-electron chi connectivity index (χ2n) is 8.95. The second kappa shape index (κ2) is 6.77. The van der Waals surface area contributed by atoms with Crippen LogP contribution in [0.3, 0.4) is 0 Å². The van der Waals surface area contributed by atoms with E-state index in [0.29, 0.717) is 24.4 Å². The molecule has 0 aromatic rings. The third-order valence-corrected chi connectivity index (χ3v) is 7.67. The standard InChI is InChI=1S/C21H31NO4/c1-12(23)26-14-3-4-15-16-7-8-21(2)19(5-6-20(21)24)18(16)9-13(11-25-22)17(15)10-14/h4,10,13-14,16,18-20,24H,3,5-9,11,22H2,1-2H3/t13?,14?,16-,18-,19+,20?,21?/m1/s1. The first-order valence-corrected chi connectivity index (χ1v) is 10.0. The molecule has 4 rings (SSSR count). The van der Waals surface area contributed by atoms with E-state index in [2.05, 4.69) is 19.1 Å². The molecule has 26 heavy (non-hydrogen) atoms. The van der Waals surface area contributed by atoms with Crippen LogP contribution in [-0.2, 0) is 14.4 Å². The zero-order valence-electron chi connectivity index (χ0n) is 15.8. The van der Waals surface area contributed by atoms with E-state index in [9.17, 15) is 9.90 Å². The lowest BCUT2D eigenvalue weighted by molar-refractivity contribution is -0.144. The summed E-state index contributed by atoms with van der Waals surface area (Å²) in [6.45, 7) is 4.24. The van der Waals surface area contributed by atoms with Crippen LogP contribution in [-0.4, -0.2) is 29.9 Å². The van der Waals surface area contributed by atoms with Gasteiger partial charge in [-0.05, 0) is 72.5 Å². The quantitative estimate of drug-likeness (QED) is 0.597. The number of esters is 1. The molecule has 4 aliphatic carbocycles. The molecule has 4 aliphatic rings. The number of nitrogens with two attached hydrogens (primary N) is 1. The van der Waals surface area contributed by atoms with Crippen LogP contribution in [0.15, 0.2) is 23.3 Å². The minimum absolute atomic E-state index is 0.0615. The maximum absolute atomic E-state index is 11.4. The zero-order chi connectivity index (χ0) is 18.5. The van der Waals surface area contributed by atoms with Gasteiger partial charge in [-0.25, -0.2) is 5.90 Å². The van der Waals surface area contributed by atoms with Crippen LogP contribution in [0.1, 0.15) is 52.4 Å². The Morgan fingerprint density at radius 3 is 2.88 bits per heavy atom. The van der Waals surface area contributed by atoms with E-state index >= 15 is 0 Å². The summed E-state index contributed by atoms with van der Waals surface area (Å²) in [5.74, 6) is 7.16. The van der Waals surface area contributed by atoms with Gasteiger partial charge in [0, 0.05) is 19.3 Å². The average molecular weight is 361 g/mol. The fourth-order valence-corrected chi connectivity index (χ4v) is 6.46. The van der Waals surface area contributed by atoms with Crippen LogP contribution in [0.25, 0.3) is 0 Å². The molecule has 144 valence electrons. The van der Waals surface area contributed by atoms with Gasteiger partial charge in [0.05, 0.1) is 12.7 Å². The largest absolute Gasteiger partial charge is 0.458 e. The summed E-state index contributed by atoms with van der Waals surface area (Å²) in [5.41, 5.74) is 2.76. The van der Waals surface area contributed by atoms with E-state index in [0.717, 1.165) is 38.5 Å². The zero-order valence-corrected chi connectivity index (χ0v) is 15.8. The Labute approximate surface area is 155 Å². The lowest BCUT2D eigenvalue weighted by Gasteiger charge is -2.53. The maximum atomic E-state index is 11.4. The minimum Gasteiger partial charge on any atom is -0.458 e. The van der Waals surface area contributed by atoms with Crippen LogP contribution in [0.5, 0.6) is 0 Å². The van der Waals surface area contributed by atoms with Crippen molar-refractivity contribution in [3.63, 3.8) is 0 Å². The van der Waals surface area contributed by atoms with Gasteiger partial charge in [0.2, 0.25) is 0 Å². The monoisotopic (exact) mass is 361 g/mol. The summed E-state index contributed by atoms with van der Waals surface area (Å²) >= 11 is 0. The molecule has 0 amide bonds. The Hall–Kier alpha value is -1.17. The molecule has 4 unspecified atom stereocenters. The van der Waals surface area contributed by atoms with Gasteiger partial charge in [-0.3, -0.25) is 4.79 Å². The van der Waals surface area contributed by atoms with Crippen LogP contribution < -0.4 is 5.90 Å². The molecule has 0 heterocycles. The Kier molecular flexibility index (Phi) is 4.74. The molecule has 5 nitrogen and oxygen atoms in total. The molecule has 0 aromatic carbocycles. The first-order valence-electron chi connectivity index (χ1n) is 10.0. The van der Waals surface area contributed by atoms with Crippen LogP contribution >= 0.6 is 0 Å². The minimum atomic E-state index is -0.239. The Bertz CT molecular complexity index is 642. The van der Waals surface area contributed by atoms with Crippen molar-refractivity contribution in [2.24, 2.45) is 35.0 Å². The van der Waals surface area contributed by atoms with Crippen molar-refractivity contribution >= 4 is 5.97 Å². The van der Waals surface area contributed by atoms with Crippen molar-refractivity contribution < 1.29 is 19.5 Å². The third-order valence-electron chi connectivity index (χ3n) is 7.67. The Morgan fingerprint density at radius 1 is 1.35 bits per heavy atom. The number of aliphatic hydroxyl groups is 1. The number of rotatable bonds is 3. The molecule has 0 aliphatic heterocycles. The summed E-state index contributed by atoms with van der Waals surface area (Å²) in [5, 5.41) is 10.6. The van der Waals surface area contributed by atoms with Gasteiger partial charge in [-0.2, -0.15) is 0 Å². The van der Waals surface area contributed by atoms with Crippen LogP contribution in [0, 0.1) is 29.1 Å². The molecule has 0 saturated heterocycles. The van der Waals surface area contributed by atoms with Crippen molar-refractivity contribution in [1.82, 2.24) is 0 Å². The number of hydrogen-bond acceptors (Lipinski definition) is 5. The molecule has 3 fully saturated rings. The van der Waals surface area contributed by atoms with Crippen molar-refractivity contribution in [3.05, 3.63) is 23.3 Å². The highest BCUT2D eigenvalue weighted by Crippen LogP contribution is 2.62.